The fourth-order valence-corrected chi connectivity index (χ4v) is 3.30. The fraction of sp³-hybridized carbons (Fsp3) is 0.562. The summed E-state index contributed by atoms with van der Waals surface area (Å²) in [5, 5.41) is 12.3. The molecular weight excluding hydrogens is 320 g/mol. The molecule has 1 heterocycles. The Morgan fingerprint density at radius 3 is 2.78 bits per heavy atom. The maximum atomic E-state index is 12.2. The predicted octanol–water partition coefficient (Wildman–Crippen LogP) is 2.41. The average Bonchev–Trinajstić information content (AvgIpc) is 2.84. The molecule has 2 unspecified atom stereocenters. The van der Waals surface area contributed by atoms with Gasteiger partial charge in [-0.15, -0.1) is 0 Å². The van der Waals surface area contributed by atoms with Gasteiger partial charge in [-0.05, 0) is 31.0 Å². The third kappa shape index (κ3) is 3.17. The van der Waals surface area contributed by atoms with Gasteiger partial charge in [-0.25, -0.2) is 10.2 Å². The first kappa shape index (κ1) is 18.0. The summed E-state index contributed by atoms with van der Waals surface area (Å²) >= 11 is 6.12. The van der Waals surface area contributed by atoms with Crippen molar-refractivity contribution in [2.75, 3.05) is 32.4 Å². The number of halogens is 1. The summed E-state index contributed by atoms with van der Waals surface area (Å²) in [6.07, 6.45) is 0.795. The number of hydrazine groups is 1. The van der Waals surface area contributed by atoms with Gasteiger partial charge in [0.1, 0.15) is 0 Å². The van der Waals surface area contributed by atoms with Crippen molar-refractivity contribution in [3.05, 3.63) is 28.8 Å². The first-order chi connectivity index (χ1) is 11.0. The third-order valence-corrected chi connectivity index (χ3v) is 4.43. The van der Waals surface area contributed by atoms with E-state index < -0.39 is 17.6 Å². The molecule has 2 N–H and O–H groups in total. The first-order valence-electron chi connectivity index (χ1n) is 7.61. The number of benzene rings is 1. The van der Waals surface area contributed by atoms with Crippen LogP contribution >= 0.6 is 11.6 Å². The zero-order valence-corrected chi connectivity index (χ0v) is 14.4. The Balaban J connectivity index is 2.48. The molecule has 2 atom stereocenters. The van der Waals surface area contributed by atoms with Crippen LogP contribution in [0.5, 0.6) is 0 Å². The highest BCUT2D eigenvalue weighted by Gasteiger charge is 2.54. The van der Waals surface area contributed by atoms with Crippen molar-refractivity contribution < 1.29 is 19.4 Å². The highest BCUT2D eigenvalue weighted by Crippen LogP contribution is 2.42. The number of carboxylic acids is 1. The number of hydrogen-bond acceptors (Lipinski definition) is 5. The Kier molecular flexibility index (Phi) is 5.86. The lowest BCUT2D eigenvalue weighted by Crippen LogP contribution is -2.59. The van der Waals surface area contributed by atoms with Crippen molar-refractivity contribution in [3.8, 4) is 0 Å². The fourth-order valence-electron chi connectivity index (χ4n) is 3.13. The molecule has 6 nitrogen and oxygen atoms in total. The number of aliphatic carboxylic acids is 1. The number of methoxy groups -OCH3 is 2. The molecule has 1 aliphatic rings. The van der Waals surface area contributed by atoms with Gasteiger partial charge >= 0.3 is 5.97 Å². The van der Waals surface area contributed by atoms with E-state index in [0.717, 1.165) is 12.1 Å². The van der Waals surface area contributed by atoms with Crippen LogP contribution < -0.4 is 10.4 Å². The van der Waals surface area contributed by atoms with Gasteiger partial charge in [-0.3, -0.25) is 0 Å². The van der Waals surface area contributed by atoms with Crippen molar-refractivity contribution in [2.24, 2.45) is 0 Å². The van der Waals surface area contributed by atoms with Crippen LogP contribution in [-0.4, -0.2) is 44.6 Å². The number of nitrogens with zero attached hydrogens (tertiary/aromatic N) is 1. The Morgan fingerprint density at radius 2 is 2.22 bits per heavy atom. The molecule has 1 aliphatic heterocycles. The van der Waals surface area contributed by atoms with Crippen LogP contribution in [0.15, 0.2) is 18.2 Å². The molecule has 0 aliphatic carbocycles. The van der Waals surface area contributed by atoms with Crippen LogP contribution in [0.1, 0.15) is 25.3 Å². The van der Waals surface area contributed by atoms with Crippen LogP contribution in [0, 0.1) is 0 Å². The molecule has 128 valence electrons. The van der Waals surface area contributed by atoms with Crippen molar-refractivity contribution >= 4 is 23.3 Å². The second-order valence-corrected chi connectivity index (χ2v) is 5.95. The molecule has 0 radical (unpaired) electrons. The van der Waals surface area contributed by atoms with Crippen LogP contribution in [0.3, 0.4) is 0 Å². The minimum Gasteiger partial charge on any atom is -0.479 e. The Bertz CT molecular complexity index is 565. The van der Waals surface area contributed by atoms with Crippen LogP contribution in [-0.2, 0) is 19.8 Å². The maximum absolute atomic E-state index is 12.2. The van der Waals surface area contributed by atoms with E-state index in [1.54, 1.807) is 19.2 Å². The Labute approximate surface area is 141 Å². The van der Waals surface area contributed by atoms with Crippen molar-refractivity contribution in [3.63, 3.8) is 0 Å². The average molecular weight is 343 g/mol. The summed E-state index contributed by atoms with van der Waals surface area (Å²) in [5.74, 6) is -0.982. The summed E-state index contributed by atoms with van der Waals surface area (Å²) in [6, 6.07) is 5.30. The normalized spacial score (nSPS) is 21.3. The molecule has 0 bridgehead atoms. The summed E-state index contributed by atoms with van der Waals surface area (Å²) in [4.78, 5) is 12.2. The van der Waals surface area contributed by atoms with Crippen molar-refractivity contribution in [1.82, 2.24) is 5.43 Å². The first-order valence-corrected chi connectivity index (χ1v) is 7.99. The highest BCUT2D eigenvalue weighted by molar-refractivity contribution is 6.30. The number of carboxylic acid groups (broad SMARTS) is 1. The second-order valence-electron chi connectivity index (χ2n) is 5.52. The summed E-state index contributed by atoms with van der Waals surface area (Å²) < 4.78 is 10.6. The SMILES string of the molecule is CCC(OC)C1(C(=O)O)NN(CCCOC)c2ccc(Cl)cc21. The second kappa shape index (κ2) is 7.49. The molecule has 1 aromatic rings. The standard InChI is InChI=1S/C16H23ClN2O4/c1-4-14(23-3)16(15(20)21)12-10-11(17)6-7-13(12)19(18-16)8-5-9-22-2/h6-7,10,14,18H,4-5,8-9H2,1-3H3,(H,20,21). The highest BCUT2D eigenvalue weighted by atomic mass is 35.5. The van der Waals surface area contributed by atoms with E-state index in [2.05, 4.69) is 5.43 Å². The minimum absolute atomic E-state index is 0.501. The monoisotopic (exact) mass is 342 g/mol. The van der Waals surface area contributed by atoms with Gasteiger partial charge in [-0.1, -0.05) is 18.5 Å². The molecule has 0 amide bonds. The van der Waals surface area contributed by atoms with Gasteiger partial charge in [-0.2, -0.15) is 0 Å². The van der Waals surface area contributed by atoms with Gasteiger partial charge in [0.15, 0.2) is 5.54 Å². The van der Waals surface area contributed by atoms with Gasteiger partial charge in [0.2, 0.25) is 0 Å². The number of ether oxygens (including phenoxy) is 2. The molecule has 0 aromatic heterocycles. The van der Waals surface area contributed by atoms with E-state index in [0.29, 0.717) is 30.2 Å². The van der Waals surface area contributed by atoms with E-state index in [1.807, 2.05) is 18.0 Å². The lowest BCUT2D eigenvalue weighted by molar-refractivity contribution is -0.152. The molecule has 0 spiro atoms. The lowest BCUT2D eigenvalue weighted by Gasteiger charge is -2.34. The van der Waals surface area contributed by atoms with E-state index in [-0.39, 0.29) is 0 Å². The van der Waals surface area contributed by atoms with Crippen LogP contribution in [0.4, 0.5) is 5.69 Å². The zero-order valence-electron chi connectivity index (χ0n) is 13.6. The molecule has 0 saturated carbocycles. The molecule has 23 heavy (non-hydrogen) atoms. The molecule has 0 saturated heterocycles. The number of carbonyl (C=O) groups is 1. The quantitative estimate of drug-likeness (QED) is 0.707. The molecule has 1 aromatic carbocycles. The minimum atomic E-state index is -1.35. The van der Waals surface area contributed by atoms with Crippen LogP contribution in [0.25, 0.3) is 0 Å². The molecule has 2 rings (SSSR count). The van der Waals surface area contributed by atoms with Crippen molar-refractivity contribution in [2.45, 2.75) is 31.4 Å². The lowest BCUT2D eigenvalue weighted by atomic mass is 9.84. The summed E-state index contributed by atoms with van der Waals surface area (Å²) in [5.41, 5.74) is 3.24. The van der Waals surface area contributed by atoms with Gasteiger partial charge in [0, 0.05) is 38.0 Å². The van der Waals surface area contributed by atoms with E-state index in [1.165, 1.54) is 7.11 Å². The Hall–Kier alpha value is -1.34. The number of fused-ring (bicyclic) bond motifs is 1. The molecule has 0 fully saturated rings. The maximum Gasteiger partial charge on any atom is 0.333 e. The Morgan fingerprint density at radius 1 is 1.48 bits per heavy atom. The number of rotatable bonds is 8. The molecule has 7 heteroatoms. The summed E-state index contributed by atoms with van der Waals surface area (Å²) in [6.45, 7) is 3.12. The van der Waals surface area contributed by atoms with E-state index in [4.69, 9.17) is 21.1 Å². The zero-order chi connectivity index (χ0) is 17.0. The topological polar surface area (TPSA) is 71.0 Å². The molecular formula is C16H23ClN2O4. The number of hydrogen-bond donors (Lipinski definition) is 2. The van der Waals surface area contributed by atoms with E-state index >= 15 is 0 Å². The number of anilines is 1. The van der Waals surface area contributed by atoms with Crippen molar-refractivity contribution in [1.29, 1.82) is 0 Å². The third-order valence-electron chi connectivity index (χ3n) is 4.19. The summed E-state index contributed by atoms with van der Waals surface area (Å²) in [7, 11) is 3.17. The largest absolute Gasteiger partial charge is 0.479 e. The predicted molar refractivity (Wildman–Crippen MR) is 88.8 cm³/mol. The van der Waals surface area contributed by atoms with Gasteiger partial charge in [0.25, 0.3) is 0 Å². The van der Waals surface area contributed by atoms with Gasteiger partial charge in [0.05, 0.1) is 11.8 Å². The van der Waals surface area contributed by atoms with Crippen LogP contribution in [0.2, 0.25) is 5.02 Å². The van der Waals surface area contributed by atoms with E-state index in [9.17, 15) is 9.90 Å². The smallest absolute Gasteiger partial charge is 0.333 e. The van der Waals surface area contributed by atoms with Gasteiger partial charge < -0.3 is 19.6 Å². The number of nitrogens with one attached hydrogen (secondary N) is 1.